The Morgan fingerprint density at radius 2 is 2.08 bits per heavy atom. The highest BCUT2D eigenvalue weighted by atomic mass is 16.5. The van der Waals surface area contributed by atoms with E-state index in [9.17, 15) is 9.59 Å². The fraction of sp³-hybridized carbons (Fsp3) is 0.500. The molecule has 0 aliphatic carbocycles. The van der Waals surface area contributed by atoms with Gasteiger partial charge in [0.15, 0.2) is 0 Å². The molecule has 2 atom stereocenters. The van der Waals surface area contributed by atoms with Gasteiger partial charge in [0, 0.05) is 32.5 Å². The number of hydrogen-bond donors (Lipinski definition) is 1. The molecule has 2 saturated heterocycles. The molecule has 1 aromatic heterocycles. The number of hydrogen-bond acceptors (Lipinski definition) is 5. The molecule has 0 aromatic carbocycles. The van der Waals surface area contributed by atoms with Gasteiger partial charge in [-0.1, -0.05) is 0 Å². The standard InChI is InChI=1S/C15H19N3O3.CH2O2/c1-10-3-11(5-16-4-10)15(20)18-6-12-8-21-9-13(7-18)17(2)14(12)19;2-1-3/h3-5,12-13H,6-9H2,1-2H3;1H,(H,2,3)/t12-,13+;/m1./s1. The van der Waals surface area contributed by atoms with E-state index in [1.54, 1.807) is 29.2 Å². The van der Waals surface area contributed by atoms with Gasteiger partial charge in [-0.15, -0.1) is 0 Å². The number of fused-ring (bicyclic) bond motifs is 3. The van der Waals surface area contributed by atoms with Crippen molar-refractivity contribution in [2.24, 2.45) is 5.92 Å². The van der Waals surface area contributed by atoms with Crippen LogP contribution in [0, 0.1) is 12.8 Å². The average Bonchev–Trinajstić information content (AvgIpc) is 2.73. The molecule has 2 amide bonds. The van der Waals surface area contributed by atoms with Crippen molar-refractivity contribution in [2.75, 3.05) is 33.4 Å². The van der Waals surface area contributed by atoms with Gasteiger partial charge in [-0.2, -0.15) is 0 Å². The van der Waals surface area contributed by atoms with Crippen molar-refractivity contribution in [3.8, 4) is 0 Å². The van der Waals surface area contributed by atoms with E-state index in [4.69, 9.17) is 14.6 Å². The number of aromatic nitrogens is 1. The Balaban J connectivity index is 0.000000647. The molecule has 24 heavy (non-hydrogen) atoms. The van der Waals surface area contributed by atoms with Gasteiger partial charge in [-0.3, -0.25) is 19.4 Å². The monoisotopic (exact) mass is 335 g/mol. The van der Waals surface area contributed by atoms with Crippen LogP contribution in [-0.2, 0) is 14.3 Å². The van der Waals surface area contributed by atoms with E-state index in [1.165, 1.54) is 0 Å². The maximum atomic E-state index is 12.7. The first-order valence-corrected chi connectivity index (χ1v) is 7.61. The van der Waals surface area contributed by atoms with E-state index in [0.29, 0.717) is 31.9 Å². The molecule has 0 unspecified atom stereocenters. The molecule has 1 aromatic rings. The second-order valence-corrected chi connectivity index (χ2v) is 5.90. The van der Waals surface area contributed by atoms with Crippen molar-refractivity contribution in [1.29, 1.82) is 0 Å². The molecule has 8 heteroatoms. The van der Waals surface area contributed by atoms with Crippen LogP contribution in [0.1, 0.15) is 15.9 Å². The van der Waals surface area contributed by atoms with Gasteiger partial charge >= 0.3 is 0 Å². The fourth-order valence-corrected chi connectivity index (χ4v) is 2.92. The van der Waals surface area contributed by atoms with Crippen LogP contribution >= 0.6 is 0 Å². The van der Waals surface area contributed by atoms with E-state index < -0.39 is 0 Å². The fourth-order valence-electron chi connectivity index (χ4n) is 2.92. The largest absolute Gasteiger partial charge is 0.483 e. The van der Waals surface area contributed by atoms with E-state index in [2.05, 4.69) is 4.98 Å². The number of nitrogens with zero attached hydrogens (tertiary/aromatic N) is 3. The number of carbonyl (C=O) groups is 3. The lowest BCUT2D eigenvalue weighted by atomic mass is 10.1. The van der Waals surface area contributed by atoms with Crippen molar-refractivity contribution in [2.45, 2.75) is 13.0 Å². The Bertz CT molecular complexity index is 621. The van der Waals surface area contributed by atoms with Crippen LogP contribution in [0.4, 0.5) is 0 Å². The molecule has 8 nitrogen and oxygen atoms in total. The molecule has 0 saturated carbocycles. The highest BCUT2D eigenvalue weighted by Gasteiger charge is 2.38. The predicted molar refractivity (Wildman–Crippen MR) is 84.4 cm³/mol. The van der Waals surface area contributed by atoms with E-state index in [0.717, 1.165) is 5.56 Å². The zero-order valence-electron chi connectivity index (χ0n) is 13.7. The summed E-state index contributed by atoms with van der Waals surface area (Å²) in [5.74, 6) is -0.273. The van der Waals surface area contributed by atoms with Crippen LogP contribution in [-0.4, -0.2) is 77.6 Å². The number of carboxylic acid groups (broad SMARTS) is 1. The molecule has 0 radical (unpaired) electrons. The van der Waals surface area contributed by atoms with Crippen LogP contribution in [0.15, 0.2) is 18.5 Å². The Morgan fingerprint density at radius 1 is 1.38 bits per heavy atom. The highest BCUT2D eigenvalue weighted by Crippen LogP contribution is 2.21. The van der Waals surface area contributed by atoms with Gasteiger partial charge < -0.3 is 19.6 Å². The van der Waals surface area contributed by atoms with Crippen molar-refractivity contribution in [1.82, 2.24) is 14.8 Å². The summed E-state index contributed by atoms with van der Waals surface area (Å²) in [6.45, 7) is 3.44. The SMILES string of the molecule is Cc1cncc(C(=O)N2C[C@@H]3COC[C@H](C2)N(C)C3=O)c1.O=CO. The van der Waals surface area contributed by atoms with Gasteiger partial charge in [0.2, 0.25) is 5.91 Å². The minimum Gasteiger partial charge on any atom is -0.483 e. The first-order valence-electron chi connectivity index (χ1n) is 7.61. The number of pyridine rings is 1. The molecule has 1 N–H and O–H groups in total. The number of ether oxygens (including phenoxy) is 1. The predicted octanol–water partition coefficient (Wildman–Crippen LogP) is 0.0200. The third-order valence-electron chi connectivity index (χ3n) is 4.15. The summed E-state index contributed by atoms with van der Waals surface area (Å²) in [6.07, 6.45) is 3.30. The normalized spacial score (nSPS) is 23.0. The molecule has 2 bridgehead atoms. The summed E-state index contributed by atoms with van der Waals surface area (Å²) in [5.41, 5.74) is 1.53. The van der Waals surface area contributed by atoms with Crippen molar-refractivity contribution >= 4 is 18.3 Å². The average molecular weight is 335 g/mol. The van der Waals surface area contributed by atoms with Crippen LogP contribution in [0.5, 0.6) is 0 Å². The van der Waals surface area contributed by atoms with Crippen molar-refractivity contribution < 1.29 is 24.2 Å². The molecule has 3 heterocycles. The molecular weight excluding hydrogens is 314 g/mol. The van der Waals surface area contributed by atoms with Gasteiger partial charge in [-0.05, 0) is 18.6 Å². The van der Waals surface area contributed by atoms with Gasteiger partial charge in [-0.25, -0.2) is 0 Å². The van der Waals surface area contributed by atoms with E-state index >= 15 is 0 Å². The van der Waals surface area contributed by atoms with E-state index in [-0.39, 0.29) is 30.2 Å². The molecule has 130 valence electrons. The van der Waals surface area contributed by atoms with Gasteiger partial charge in [0.05, 0.1) is 30.7 Å². The summed E-state index contributed by atoms with van der Waals surface area (Å²) in [7, 11) is 1.79. The summed E-state index contributed by atoms with van der Waals surface area (Å²) in [4.78, 5) is 40.9. The second-order valence-electron chi connectivity index (χ2n) is 5.90. The lowest BCUT2D eigenvalue weighted by Crippen LogP contribution is -2.45. The lowest BCUT2D eigenvalue weighted by molar-refractivity contribution is -0.134. The van der Waals surface area contributed by atoms with E-state index in [1.807, 2.05) is 13.0 Å². The van der Waals surface area contributed by atoms with Gasteiger partial charge in [0.1, 0.15) is 0 Å². The van der Waals surface area contributed by atoms with Crippen LogP contribution in [0.25, 0.3) is 0 Å². The Kier molecular flexibility index (Phi) is 5.86. The first kappa shape index (κ1) is 17.9. The molecule has 2 fully saturated rings. The number of rotatable bonds is 1. The third kappa shape index (κ3) is 3.88. The van der Waals surface area contributed by atoms with Crippen LogP contribution in [0.3, 0.4) is 0 Å². The molecular formula is C16H21N3O5. The highest BCUT2D eigenvalue weighted by molar-refractivity contribution is 5.94. The van der Waals surface area contributed by atoms with Crippen molar-refractivity contribution in [3.05, 3.63) is 29.6 Å². The lowest BCUT2D eigenvalue weighted by Gasteiger charge is -2.29. The smallest absolute Gasteiger partial charge is 0.290 e. The zero-order valence-corrected chi connectivity index (χ0v) is 13.7. The number of likely N-dealkylation sites (N-methyl/N-ethyl adjacent to an activating group) is 1. The Labute approximate surface area is 140 Å². The van der Waals surface area contributed by atoms with Crippen LogP contribution in [0.2, 0.25) is 0 Å². The molecule has 0 spiro atoms. The topological polar surface area (TPSA) is 100 Å². The number of carbonyl (C=O) groups excluding carboxylic acids is 2. The van der Waals surface area contributed by atoms with Crippen LogP contribution < -0.4 is 0 Å². The first-order chi connectivity index (χ1) is 11.5. The summed E-state index contributed by atoms with van der Waals surface area (Å²) in [5, 5.41) is 6.89. The van der Waals surface area contributed by atoms with Crippen molar-refractivity contribution in [3.63, 3.8) is 0 Å². The maximum absolute atomic E-state index is 12.7. The molecule has 2 aliphatic heterocycles. The Morgan fingerprint density at radius 3 is 2.75 bits per heavy atom. The van der Waals surface area contributed by atoms with Gasteiger partial charge in [0.25, 0.3) is 12.4 Å². The Hall–Kier alpha value is -2.48. The maximum Gasteiger partial charge on any atom is 0.290 e. The summed E-state index contributed by atoms with van der Waals surface area (Å²) >= 11 is 0. The summed E-state index contributed by atoms with van der Waals surface area (Å²) < 4.78 is 5.54. The zero-order chi connectivity index (χ0) is 17.7. The number of aryl methyl sites for hydroxylation is 1. The summed E-state index contributed by atoms with van der Waals surface area (Å²) in [6, 6.07) is 1.75. The molecule has 2 aliphatic rings. The minimum absolute atomic E-state index is 0.0637. The second kappa shape index (κ2) is 7.87. The number of amides is 2. The molecule has 3 rings (SSSR count). The third-order valence-corrected chi connectivity index (χ3v) is 4.15. The minimum atomic E-state index is -0.274. The quantitative estimate of drug-likeness (QED) is 0.726.